The number of aliphatic hydroxyl groups is 1. The van der Waals surface area contributed by atoms with Crippen LogP contribution in [0.25, 0.3) is 0 Å². The van der Waals surface area contributed by atoms with E-state index in [1.165, 1.54) is 6.07 Å². The number of imidazole rings is 1. The molecular weight excluding hydrogens is 275 g/mol. The van der Waals surface area contributed by atoms with Gasteiger partial charge in [-0.05, 0) is 12.1 Å². The fraction of sp³-hybridized carbons (Fsp3) is 0.182. The maximum atomic E-state index is 13.6. The summed E-state index contributed by atoms with van der Waals surface area (Å²) in [6.45, 7) is 0.222. The van der Waals surface area contributed by atoms with Crippen molar-refractivity contribution in [2.45, 2.75) is 13.2 Å². The van der Waals surface area contributed by atoms with Gasteiger partial charge in [0.1, 0.15) is 18.2 Å². The predicted octanol–water partition coefficient (Wildman–Crippen LogP) is 2.33. The Morgan fingerprint density at radius 2 is 2.25 bits per heavy atom. The molecule has 1 N–H and O–H groups in total. The minimum Gasteiger partial charge on any atom is -0.388 e. The van der Waals surface area contributed by atoms with Crippen LogP contribution in [0.4, 0.5) is 4.39 Å². The number of aliphatic hydroxyl groups excluding tert-OH is 1. The average molecular weight is 285 g/mol. The van der Waals surface area contributed by atoms with Gasteiger partial charge in [-0.1, -0.05) is 22.0 Å². The molecule has 0 saturated carbocycles. The van der Waals surface area contributed by atoms with E-state index in [4.69, 9.17) is 5.11 Å². The van der Waals surface area contributed by atoms with Crippen LogP contribution in [-0.2, 0) is 13.2 Å². The predicted molar refractivity (Wildman–Crippen MR) is 61.4 cm³/mol. The van der Waals surface area contributed by atoms with Gasteiger partial charge in [0.25, 0.3) is 0 Å². The molecule has 0 aliphatic rings. The Morgan fingerprint density at radius 3 is 2.94 bits per heavy atom. The van der Waals surface area contributed by atoms with Crippen LogP contribution in [0.15, 0.2) is 35.1 Å². The van der Waals surface area contributed by atoms with Crippen LogP contribution in [0.2, 0.25) is 0 Å². The van der Waals surface area contributed by atoms with Gasteiger partial charge in [0.05, 0.1) is 6.54 Å². The summed E-state index contributed by atoms with van der Waals surface area (Å²) in [7, 11) is 0. The van der Waals surface area contributed by atoms with Crippen molar-refractivity contribution in [2.24, 2.45) is 0 Å². The molecule has 84 valence electrons. The number of halogens is 2. The van der Waals surface area contributed by atoms with Crippen LogP contribution in [-0.4, -0.2) is 14.7 Å². The number of aromatic nitrogens is 2. The highest BCUT2D eigenvalue weighted by molar-refractivity contribution is 9.10. The van der Waals surface area contributed by atoms with Gasteiger partial charge >= 0.3 is 0 Å². The lowest BCUT2D eigenvalue weighted by atomic mass is 10.2. The average Bonchev–Trinajstić information content (AvgIpc) is 2.69. The zero-order valence-corrected chi connectivity index (χ0v) is 9.98. The van der Waals surface area contributed by atoms with Crippen LogP contribution >= 0.6 is 15.9 Å². The van der Waals surface area contributed by atoms with Crippen molar-refractivity contribution in [3.8, 4) is 0 Å². The lowest BCUT2D eigenvalue weighted by Gasteiger charge is -2.07. The maximum Gasteiger partial charge on any atom is 0.134 e. The van der Waals surface area contributed by atoms with E-state index in [-0.39, 0.29) is 12.4 Å². The number of rotatable bonds is 3. The summed E-state index contributed by atoms with van der Waals surface area (Å²) < 4.78 is 16.0. The number of benzene rings is 1. The molecule has 0 fully saturated rings. The van der Waals surface area contributed by atoms with Crippen molar-refractivity contribution >= 4 is 15.9 Å². The molecule has 0 aliphatic heterocycles. The lowest BCUT2D eigenvalue weighted by Crippen LogP contribution is -2.05. The molecule has 0 atom stereocenters. The largest absolute Gasteiger partial charge is 0.388 e. The van der Waals surface area contributed by atoms with Crippen molar-refractivity contribution in [3.63, 3.8) is 0 Å². The fourth-order valence-electron chi connectivity index (χ4n) is 1.47. The molecule has 0 saturated heterocycles. The van der Waals surface area contributed by atoms with Gasteiger partial charge in [-0.15, -0.1) is 0 Å². The maximum absolute atomic E-state index is 13.6. The smallest absolute Gasteiger partial charge is 0.134 e. The first-order chi connectivity index (χ1) is 7.70. The van der Waals surface area contributed by atoms with Gasteiger partial charge in [-0.25, -0.2) is 9.37 Å². The third-order valence-corrected chi connectivity index (χ3v) is 2.79. The van der Waals surface area contributed by atoms with Crippen molar-refractivity contribution in [2.75, 3.05) is 0 Å². The van der Waals surface area contributed by atoms with E-state index in [2.05, 4.69) is 20.9 Å². The summed E-state index contributed by atoms with van der Waals surface area (Å²) in [5.74, 6) is 0.259. The van der Waals surface area contributed by atoms with E-state index >= 15 is 0 Å². The highest BCUT2D eigenvalue weighted by atomic mass is 79.9. The lowest BCUT2D eigenvalue weighted by molar-refractivity contribution is 0.266. The molecule has 5 heteroatoms. The molecule has 0 aliphatic carbocycles. The van der Waals surface area contributed by atoms with Crippen LogP contribution in [0.3, 0.4) is 0 Å². The molecule has 2 aromatic rings. The SMILES string of the molecule is OCc1nccn1Cc1ccc(Br)cc1F. The Labute approximate surface area is 101 Å². The highest BCUT2D eigenvalue weighted by Gasteiger charge is 2.06. The molecule has 0 spiro atoms. The molecular formula is C11H10BrFN2O. The highest BCUT2D eigenvalue weighted by Crippen LogP contribution is 2.16. The van der Waals surface area contributed by atoms with Crippen molar-refractivity contribution < 1.29 is 9.50 Å². The molecule has 16 heavy (non-hydrogen) atoms. The third kappa shape index (κ3) is 2.31. The molecule has 1 heterocycles. The molecule has 2 rings (SSSR count). The van der Waals surface area contributed by atoms with Gasteiger partial charge in [0, 0.05) is 22.4 Å². The number of nitrogens with zero attached hydrogens (tertiary/aromatic N) is 2. The van der Waals surface area contributed by atoms with Gasteiger partial charge in [-0.2, -0.15) is 0 Å². The Kier molecular flexibility index (Phi) is 3.36. The van der Waals surface area contributed by atoms with E-state index in [0.717, 1.165) is 0 Å². The van der Waals surface area contributed by atoms with E-state index in [9.17, 15) is 4.39 Å². The minimum atomic E-state index is -0.271. The monoisotopic (exact) mass is 284 g/mol. The topological polar surface area (TPSA) is 38.1 Å². The van der Waals surface area contributed by atoms with Crippen LogP contribution < -0.4 is 0 Å². The van der Waals surface area contributed by atoms with E-state index < -0.39 is 0 Å². The summed E-state index contributed by atoms with van der Waals surface area (Å²) >= 11 is 3.20. The summed E-state index contributed by atoms with van der Waals surface area (Å²) in [6.07, 6.45) is 3.30. The van der Waals surface area contributed by atoms with Crippen molar-refractivity contribution in [1.82, 2.24) is 9.55 Å². The second-order valence-corrected chi connectivity index (χ2v) is 4.28. The van der Waals surface area contributed by atoms with Crippen molar-refractivity contribution in [1.29, 1.82) is 0 Å². The van der Waals surface area contributed by atoms with Gasteiger partial charge in [0.2, 0.25) is 0 Å². The standard InChI is InChI=1S/C11H10BrFN2O/c12-9-2-1-8(10(13)5-9)6-15-4-3-14-11(15)7-16/h1-5,16H,6-7H2. The van der Waals surface area contributed by atoms with Crippen LogP contribution in [0.5, 0.6) is 0 Å². The Hall–Kier alpha value is -1.20. The molecule has 1 aromatic heterocycles. The molecule has 3 nitrogen and oxygen atoms in total. The zero-order chi connectivity index (χ0) is 11.5. The molecule has 0 bridgehead atoms. The Morgan fingerprint density at radius 1 is 1.44 bits per heavy atom. The molecule has 0 radical (unpaired) electrons. The molecule has 0 unspecified atom stereocenters. The second kappa shape index (κ2) is 4.76. The van der Waals surface area contributed by atoms with E-state index in [1.54, 1.807) is 29.1 Å². The molecule has 1 aromatic carbocycles. The van der Waals surface area contributed by atoms with Gasteiger partial charge < -0.3 is 9.67 Å². The first-order valence-electron chi connectivity index (χ1n) is 4.75. The van der Waals surface area contributed by atoms with Crippen LogP contribution in [0.1, 0.15) is 11.4 Å². The van der Waals surface area contributed by atoms with Gasteiger partial charge in [0.15, 0.2) is 0 Å². The van der Waals surface area contributed by atoms with Crippen LogP contribution in [0, 0.1) is 5.82 Å². The summed E-state index contributed by atoms with van der Waals surface area (Å²) in [5.41, 5.74) is 0.566. The van der Waals surface area contributed by atoms with Crippen molar-refractivity contribution in [3.05, 3.63) is 52.3 Å². The first-order valence-corrected chi connectivity index (χ1v) is 5.55. The van der Waals surface area contributed by atoms with E-state index in [1.807, 2.05) is 0 Å². The fourth-order valence-corrected chi connectivity index (χ4v) is 1.80. The number of hydrogen-bond acceptors (Lipinski definition) is 2. The Bertz CT molecular complexity index is 498. The first kappa shape index (κ1) is 11.3. The number of hydrogen-bond donors (Lipinski definition) is 1. The summed E-state index contributed by atoms with van der Waals surface area (Å²) in [5, 5.41) is 9.01. The van der Waals surface area contributed by atoms with Gasteiger partial charge in [-0.3, -0.25) is 0 Å². The minimum absolute atomic E-state index is 0.148. The Balaban J connectivity index is 2.27. The summed E-state index contributed by atoms with van der Waals surface area (Å²) in [4.78, 5) is 3.96. The normalized spacial score (nSPS) is 10.7. The zero-order valence-electron chi connectivity index (χ0n) is 8.40. The van der Waals surface area contributed by atoms with E-state index in [0.29, 0.717) is 22.4 Å². The quantitative estimate of drug-likeness (QED) is 0.940. The summed E-state index contributed by atoms with van der Waals surface area (Å²) in [6, 6.07) is 4.92. The third-order valence-electron chi connectivity index (χ3n) is 2.30. The molecule has 0 amide bonds. The second-order valence-electron chi connectivity index (χ2n) is 3.37.